The van der Waals surface area contributed by atoms with E-state index in [9.17, 15) is 18.4 Å². The number of hydrogen-bond acceptors (Lipinski definition) is 5. The molecule has 0 spiro atoms. The van der Waals surface area contributed by atoms with Crippen molar-refractivity contribution in [3.05, 3.63) is 28.2 Å². The predicted molar refractivity (Wildman–Crippen MR) is 119 cm³/mol. The van der Waals surface area contributed by atoms with E-state index >= 15 is 0 Å². The number of ether oxygens (including phenoxy) is 2. The molecule has 3 aliphatic carbocycles. The van der Waals surface area contributed by atoms with Crippen molar-refractivity contribution >= 4 is 35.0 Å². The molecule has 1 aromatic carbocycles. The molecule has 1 aromatic rings. The summed E-state index contributed by atoms with van der Waals surface area (Å²) in [5.74, 6) is 0.482. The second-order valence-electron chi connectivity index (χ2n) is 9.10. The highest BCUT2D eigenvalue weighted by atomic mass is 35.5. The Labute approximate surface area is 200 Å². The number of amides is 2. The van der Waals surface area contributed by atoms with Gasteiger partial charge in [0.2, 0.25) is 5.91 Å². The molecular weight excluding hydrogens is 479 g/mol. The van der Waals surface area contributed by atoms with Gasteiger partial charge < -0.3 is 25.4 Å². The van der Waals surface area contributed by atoms with Gasteiger partial charge >= 0.3 is 6.61 Å². The summed E-state index contributed by atoms with van der Waals surface area (Å²) < 4.78 is 34.6. The Balaban J connectivity index is 1.17. The maximum Gasteiger partial charge on any atom is 0.345 e. The van der Waals surface area contributed by atoms with Gasteiger partial charge in [-0.1, -0.05) is 23.2 Å². The first kappa shape index (κ1) is 24.4. The minimum absolute atomic E-state index is 0.00434. The van der Waals surface area contributed by atoms with Crippen LogP contribution in [0.3, 0.4) is 0 Å². The average Bonchev–Trinajstić information content (AvgIpc) is 3.29. The zero-order chi connectivity index (χ0) is 23.6. The highest BCUT2D eigenvalue weighted by Crippen LogP contribution is 2.58. The molecule has 33 heavy (non-hydrogen) atoms. The molecule has 1 aliphatic heterocycles. The van der Waals surface area contributed by atoms with E-state index in [0.29, 0.717) is 48.1 Å². The summed E-state index contributed by atoms with van der Waals surface area (Å²) in [6.45, 7) is -2.13. The van der Waals surface area contributed by atoms with Crippen LogP contribution in [-0.2, 0) is 14.3 Å². The maximum absolute atomic E-state index is 12.8. The predicted octanol–water partition coefficient (Wildman–Crippen LogP) is 3.13. The smallest absolute Gasteiger partial charge is 0.345 e. The number of piperidine rings is 1. The van der Waals surface area contributed by atoms with Crippen molar-refractivity contribution in [2.24, 2.45) is 11.3 Å². The third kappa shape index (κ3) is 5.88. The van der Waals surface area contributed by atoms with Crippen molar-refractivity contribution in [3.8, 4) is 5.75 Å². The van der Waals surface area contributed by atoms with E-state index in [0.717, 1.165) is 12.8 Å². The molecule has 7 nitrogen and oxygen atoms in total. The highest BCUT2D eigenvalue weighted by molar-refractivity contribution is 6.42. The Morgan fingerprint density at radius 2 is 1.97 bits per heavy atom. The summed E-state index contributed by atoms with van der Waals surface area (Å²) in [6, 6.07) is 4.77. The lowest BCUT2D eigenvalue weighted by molar-refractivity contribution is -0.167. The van der Waals surface area contributed by atoms with Gasteiger partial charge in [0.05, 0.1) is 21.6 Å². The van der Waals surface area contributed by atoms with Crippen LogP contribution in [0.1, 0.15) is 32.1 Å². The number of hydrogen-bond donors (Lipinski definition) is 3. The van der Waals surface area contributed by atoms with Gasteiger partial charge in [0.15, 0.2) is 6.61 Å². The van der Waals surface area contributed by atoms with Crippen LogP contribution in [0.25, 0.3) is 0 Å². The van der Waals surface area contributed by atoms with Crippen molar-refractivity contribution in [2.75, 3.05) is 19.7 Å². The van der Waals surface area contributed by atoms with Gasteiger partial charge in [-0.25, -0.2) is 0 Å². The normalized spacial score (nSPS) is 30.6. The van der Waals surface area contributed by atoms with E-state index in [1.54, 1.807) is 18.2 Å². The largest absolute Gasteiger partial charge is 0.484 e. The van der Waals surface area contributed by atoms with E-state index in [4.69, 9.17) is 27.9 Å². The van der Waals surface area contributed by atoms with Crippen molar-refractivity contribution in [1.82, 2.24) is 16.0 Å². The first-order valence-electron chi connectivity index (χ1n) is 11.1. The van der Waals surface area contributed by atoms with Crippen LogP contribution in [0.5, 0.6) is 5.75 Å². The van der Waals surface area contributed by atoms with Crippen molar-refractivity contribution < 1.29 is 27.8 Å². The van der Waals surface area contributed by atoms with Gasteiger partial charge in [-0.15, -0.1) is 0 Å². The minimum Gasteiger partial charge on any atom is -0.484 e. The Morgan fingerprint density at radius 1 is 1.18 bits per heavy atom. The van der Waals surface area contributed by atoms with Gasteiger partial charge in [0, 0.05) is 31.2 Å². The van der Waals surface area contributed by atoms with E-state index in [2.05, 4.69) is 20.7 Å². The quantitative estimate of drug-likeness (QED) is 0.479. The first-order valence-corrected chi connectivity index (χ1v) is 11.8. The maximum atomic E-state index is 12.8. The number of benzene rings is 1. The fraction of sp³-hybridized carbons (Fsp3) is 0.636. The Hall–Kier alpha value is -1.68. The molecule has 1 saturated heterocycles. The number of rotatable bonds is 9. The van der Waals surface area contributed by atoms with Crippen LogP contribution in [0.4, 0.5) is 8.78 Å². The molecule has 3 atom stereocenters. The highest BCUT2D eigenvalue weighted by Gasteiger charge is 2.60. The van der Waals surface area contributed by atoms with Crippen molar-refractivity contribution in [2.45, 2.75) is 56.9 Å². The third-order valence-corrected chi connectivity index (χ3v) is 7.59. The van der Waals surface area contributed by atoms with Crippen LogP contribution < -0.4 is 20.7 Å². The van der Waals surface area contributed by atoms with Crippen LogP contribution >= 0.6 is 23.2 Å². The number of carbonyl (C=O) groups is 2. The van der Waals surface area contributed by atoms with Crippen LogP contribution in [0, 0.1) is 11.3 Å². The number of carbonyl (C=O) groups excluding carboxylic acids is 2. The molecule has 5 rings (SSSR count). The summed E-state index contributed by atoms with van der Waals surface area (Å²) in [5, 5.41) is 9.90. The van der Waals surface area contributed by atoms with Gasteiger partial charge in [-0.05, 0) is 50.2 Å². The molecule has 182 valence electrons. The second kappa shape index (κ2) is 10.3. The zero-order valence-corrected chi connectivity index (χ0v) is 19.4. The number of nitrogens with one attached hydrogen (secondary N) is 3. The molecule has 1 heterocycles. The van der Waals surface area contributed by atoms with E-state index in [1.165, 1.54) is 0 Å². The van der Waals surface area contributed by atoms with Gasteiger partial charge in [-0.2, -0.15) is 8.78 Å². The van der Waals surface area contributed by atoms with Crippen molar-refractivity contribution in [1.29, 1.82) is 0 Å². The van der Waals surface area contributed by atoms with Gasteiger partial charge in [0.1, 0.15) is 5.75 Å². The Bertz CT molecular complexity index is 877. The van der Waals surface area contributed by atoms with E-state index < -0.39 is 18.1 Å². The van der Waals surface area contributed by atoms with Gasteiger partial charge in [-0.3, -0.25) is 9.59 Å². The molecular formula is C22H27Cl2F2N3O4. The monoisotopic (exact) mass is 505 g/mol. The topological polar surface area (TPSA) is 88.7 Å². The summed E-state index contributed by atoms with van der Waals surface area (Å²) in [4.78, 5) is 25.2. The van der Waals surface area contributed by atoms with Crippen LogP contribution in [-0.4, -0.2) is 56.3 Å². The molecule has 2 bridgehead atoms. The Kier molecular flexibility index (Phi) is 7.63. The van der Waals surface area contributed by atoms with Crippen LogP contribution in [0.15, 0.2) is 18.2 Å². The fourth-order valence-corrected chi connectivity index (χ4v) is 5.41. The standard InChI is InChI=1S/C22H27Cl2F2N3O4/c23-16-4-3-14(5-17(16)24)32-11-19(30)29-18-8-22(6-12(18)7-22)20(31)28-9-13-1-2-15(10-27-13)33-21(25)26/h3-5,12-13,15,18,21,27H,1-2,6-11H2,(H,28,31)(H,29,30). The lowest BCUT2D eigenvalue weighted by Crippen LogP contribution is -2.52. The molecule has 0 aromatic heterocycles. The zero-order valence-electron chi connectivity index (χ0n) is 17.9. The number of fused-ring (bicyclic) bond motifs is 1. The second-order valence-corrected chi connectivity index (χ2v) is 9.92. The van der Waals surface area contributed by atoms with E-state index in [1.807, 2.05) is 0 Å². The lowest BCUT2D eigenvalue weighted by atomic mass is 9.69. The first-order chi connectivity index (χ1) is 15.7. The molecule has 0 radical (unpaired) electrons. The Morgan fingerprint density at radius 3 is 2.64 bits per heavy atom. The molecule has 3 unspecified atom stereocenters. The summed E-state index contributed by atoms with van der Waals surface area (Å²) in [7, 11) is 0. The lowest BCUT2D eigenvalue weighted by Gasteiger charge is -2.37. The molecule has 4 fully saturated rings. The van der Waals surface area contributed by atoms with Crippen molar-refractivity contribution in [3.63, 3.8) is 0 Å². The summed E-state index contributed by atoms with van der Waals surface area (Å²) >= 11 is 11.8. The molecule has 11 heteroatoms. The summed E-state index contributed by atoms with van der Waals surface area (Å²) in [5.41, 5.74) is -0.441. The summed E-state index contributed by atoms with van der Waals surface area (Å²) in [6.07, 6.45) is 2.79. The number of halogens is 4. The molecule has 3 saturated carbocycles. The minimum atomic E-state index is -2.77. The van der Waals surface area contributed by atoms with Crippen LogP contribution in [0.2, 0.25) is 10.0 Å². The number of alkyl halides is 2. The molecule has 3 N–H and O–H groups in total. The molecule has 4 aliphatic rings. The van der Waals surface area contributed by atoms with E-state index in [-0.39, 0.29) is 36.4 Å². The fourth-order valence-electron chi connectivity index (χ4n) is 5.12. The SMILES string of the molecule is O=C(COc1ccc(Cl)c(Cl)c1)NC1CC2(C(=O)NCC3CCC(OC(F)F)CN3)CC1C2. The van der Waals surface area contributed by atoms with Gasteiger partial charge in [0.25, 0.3) is 5.91 Å². The third-order valence-electron chi connectivity index (χ3n) is 6.85. The molecule has 2 amide bonds. The average molecular weight is 506 g/mol.